The average Bonchev–Trinajstić information content (AvgIpc) is 2.88. The number of rotatable bonds is 3. The van der Waals surface area contributed by atoms with Gasteiger partial charge in [-0.25, -0.2) is 4.98 Å². The quantitative estimate of drug-likeness (QED) is 0.440. The van der Waals surface area contributed by atoms with Crippen LogP contribution in [-0.4, -0.2) is 47.5 Å². The van der Waals surface area contributed by atoms with Gasteiger partial charge in [0.15, 0.2) is 0 Å². The zero-order chi connectivity index (χ0) is 25.6. The monoisotopic (exact) mass is 495 g/mol. The third-order valence-electron chi connectivity index (χ3n) is 6.36. The number of anilines is 2. The number of nitrogens with two attached hydrogens (primary N) is 1. The van der Waals surface area contributed by atoms with Crippen LogP contribution in [0, 0.1) is 6.92 Å². The predicted molar refractivity (Wildman–Crippen MR) is 144 cm³/mol. The minimum absolute atomic E-state index is 0.0728. The Morgan fingerprint density at radius 3 is 2.33 bits per heavy atom. The van der Waals surface area contributed by atoms with E-state index in [4.69, 9.17) is 5.73 Å². The topological polar surface area (TPSA) is 134 Å². The molecule has 0 saturated heterocycles. The lowest BCUT2D eigenvalue weighted by Gasteiger charge is -2.15. The Labute approximate surface area is 214 Å². The Bertz CT molecular complexity index is 965. The lowest BCUT2D eigenvalue weighted by atomic mass is 10.1. The van der Waals surface area contributed by atoms with Gasteiger partial charge in [0.1, 0.15) is 11.4 Å². The number of aryl methyl sites for hydroxylation is 1. The molecule has 0 fully saturated rings. The van der Waals surface area contributed by atoms with Crippen LogP contribution < -0.4 is 27.0 Å². The van der Waals surface area contributed by atoms with Gasteiger partial charge in [0.2, 0.25) is 11.9 Å². The second kappa shape index (κ2) is 15.0. The maximum atomic E-state index is 13.0. The molecule has 0 spiro atoms. The molecule has 0 unspecified atom stereocenters. The predicted octanol–water partition coefficient (Wildman–Crippen LogP) is 3.51. The number of amides is 2. The van der Waals surface area contributed by atoms with E-state index in [1.54, 1.807) is 6.20 Å². The normalized spacial score (nSPS) is 18.7. The van der Waals surface area contributed by atoms with E-state index in [9.17, 15) is 9.59 Å². The maximum Gasteiger partial charge on any atom is 0.256 e. The van der Waals surface area contributed by atoms with E-state index in [0.29, 0.717) is 43.4 Å². The molecule has 1 aliphatic heterocycles. The minimum Gasteiger partial charge on any atom is -0.369 e. The molecule has 9 heteroatoms. The fraction of sp³-hybridized carbons (Fsp3) is 0.556. The molecule has 3 rings (SSSR count). The van der Waals surface area contributed by atoms with E-state index in [0.717, 1.165) is 63.5 Å². The summed E-state index contributed by atoms with van der Waals surface area (Å²) >= 11 is 0. The highest BCUT2D eigenvalue weighted by Crippen LogP contribution is 2.16. The lowest BCUT2D eigenvalue weighted by molar-refractivity contribution is -0.122. The Morgan fingerprint density at radius 2 is 1.58 bits per heavy atom. The maximum absolute atomic E-state index is 13.0. The number of nitrogens with one attached hydrogen (secondary N) is 4. The van der Waals surface area contributed by atoms with Crippen LogP contribution >= 0.6 is 0 Å². The number of fused-ring (bicyclic) bond motifs is 2. The van der Waals surface area contributed by atoms with Crippen molar-refractivity contribution in [2.45, 2.75) is 77.3 Å². The van der Waals surface area contributed by atoms with Crippen LogP contribution in [0.4, 0.5) is 11.8 Å². The second-order valence-corrected chi connectivity index (χ2v) is 9.49. The summed E-state index contributed by atoms with van der Waals surface area (Å²) < 4.78 is 0. The third-order valence-corrected chi connectivity index (χ3v) is 6.36. The fourth-order valence-corrected chi connectivity index (χ4v) is 4.08. The first kappa shape index (κ1) is 27.4. The van der Waals surface area contributed by atoms with Gasteiger partial charge in [-0.1, -0.05) is 55.5 Å². The number of hydrogen-bond acceptors (Lipinski definition) is 7. The highest BCUT2D eigenvalue weighted by molar-refractivity contribution is 5.98. The Hall–Kier alpha value is -3.20. The summed E-state index contributed by atoms with van der Waals surface area (Å²) in [5.74, 6) is 0.722. The second-order valence-electron chi connectivity index (χ2n) is 9.49. The van der Waals surface area contributed by atoms with Crippen LogP contribution in [0.3, 0.4) is 0 Å². The van der Waals surface area contributed by atoms with Crippen molar-refractivity contribution in [3.63, 3.8) is 0 Å². The number of carbonyl (C=O) groups excluding carboxylic acids is 2. The van der Waals surface area contributed by atoms with Crippen molar-refractivity contribution in [2.24, 2.45) is 5.73 Å². The molecule has 36 heavy (non-hydrogen) atoms. The molecule has 0 radical (unpaired) electrons. The molecule has 2 heterocycles. The summed E-state index contributed by atoms with van der Waals surface area (Å²) in [5.41, 5.74) is 8.67. The smallest absolute Gasteiger partial charge is 0.256 e. The van der Waals surface area contributed by atoms with Crippen LogP contribution in [0.25, 0.3) is 0 Å². The number of aromatic nitrogens is 2. The summed E-state index contributed by atoms with van der Waals surface area (Å²) in [6.45, 7) is 4.55. The molecule has 196 valence electrons. The van der Waals surface area contributed by atoms with Gasteiger partial charge >= 0.3 is 0 Å². The third kappa shape index (κ3) is 9.45. The van der Waals surface area contributed by atoms with Crippen molar-refractivity contribution in [3.05, 3.63) is 47.2 Å². The van der Waals surface area contributed by atoms with Gasteiger partial charge in [-0.2, -0.15) is 4.98 Å². The van der Waals surface area contributed by atoms with E-state index in [2.05, 4.69) is 31.2 Å². The van der Waals surface area contributed by atoms with Gasteiger partial charge in [-0.3, -0.25) is 9.59 Å². The SMILES string of the molecule is Cc1ccc(CNC(=O)c2cnc3nc2NCCCC[C@H](N)C(=O)NCCCCCCCCN3)cc1. The molecule has 1 aromatic carbocycles. The minimum atomic E-state index is -0.492. The van der Waals surface area contributed by atoms with E-state index >= 15 is 0 Å². The first-order valence-electron chi connectivity index (χ1n) is 13.2. The van der Waals surface area contributed by atoms with Gasteiger partial charge in [0, 0.05) is 32.4 Å². The average molecular weight is 496 g/mol. The molecule has 2 aromatic rings. The number of benzene rings is 1. The number of nitrogens with zero attached hydrogens (tertiary/aromatic N) is 2. The van der Waals surface area contributed by atoms with Crippen molar-refractivity contribution in [2.75, 3.05) is 30.3 Å². The van der Waals surface area contributed by atoms with Crippen LogP contribution in [0.15, 0.2) is 30.5 Å². The number of hydrogen-bond donors (Lipinski definition) is 5. The summed E-state index contributed by atoms with van der Waals surface area (Å²) in [6, 6.07) is 7.57. The molecule has 1 aromatic heterocycles. The van der Waals surface area contributed by atoms with Crippen molar-refractivity contribution in [3.8, 4) is 0 Å². The first-order chi connectivity index (χ1) is 17.5. The zero-order valence-corrected chi connectivity index (χ0v) is 21.4. The molecule has 2 amide bonds. The van der Waals surface area contributed by atoms with Crippen molar-refractivity contribution in [1.82, 2.24) is 20.6 Å². The van der Waals surface area contributed by atoms with Crippen molar-refractivity contribution < 1.29 is 9.59 Å². The summed E-state index contributed by atoms with van der Waals surface area (Å²) in [6.07, 6.45) is 10.3. The van der Waals surface area contributed by atoms with E-state index in [-0.39, 0.29) is 11.8 Å². The zero-order valence-electron chi connectivity index (χ0n) is 21.4. The molecule has 2 bridgehead atoms. The standard InChI is InChI=1S/C27H41N7O2/c1-20-11-13-21(14-12-20)18-32-25(35)22-19-33-27-31-17-8-5-3-2-4-7-16-30-26(36)23(28)10-6-9-15-29-24(22)34-27/h11-14,19,23H,2-10,15-18,28H2,1H3,(H,30,36)(H,32,35)(H2,29,31,33,34)/t23-/m0/s1. The summed E-state index contributed by atoms with van der Waals surface area (Å²) in [4.78, 5) is 34.1. The molecule has 0 saturated carbocycles. The summed E-state index contributed by atoms with van der Waals surface area (Å²) in [7, 11) is 0. The van der Waals surface area contributed by atoms with Crippen LogP contribution in [-0.2, 0) is 11.3 Å². The molecule has 6 N–H and O–H groups in total. The molecule has 1 atom stereocenters. The molecule has 1 aliphatic rings. The number of carbonyl (C=O) groups is 2. The molecule has 9 nitrogen and oxygen atoms in total. The first-order valence-corrected chi connectivity index (χ1v) is 13.2. The van der Waals surface area contributed by atoms with Gasteiger partial charge < -0.3 is 27.0 Å². The van der Waals surface area contributed by atoms with E-state index in [1.165, 1.54) is 5.56 Å². The Kier molecular flexibility index (Phi) is 11.4. The molecular formula is C27H41N7O2. The van der Waals surface area contributed by atoms with Crippen molar-refractivity contribution in [1.29, 1.82) is 0 Å². The highest BCUT2D eigenvalue weighted by atomic mass is 16.2. The van der Waals surface area contributed by atoms with Gasteiger partial charge in [0.25, 0.3) is 5.91 Å². The fourth-order valence-electron chi connectivity index (χ4n) is 4.08. The largest absolute Gasteiger partial charge is 0.369 e. The van der Waals surface area contributed by atoms with Gasteiger partial charge in [-0.05, 0) is 44.6 Å². The lowest BCUT2D eigenvalue weighted by Crippen LogP contribution is -2.40. The molecule has 0 aliphatic carbocycles. The Balaban J connectivity index is 1.63. The Morgan fingerprint density at radius 1 is 0.944 bits per heavy atom. The van der Waals surface area contributed by atoms with Crippen LogP contribution in [0.2, 0.25) is 0 Å². The van der Waals surface area contributed by atoms with Crippen molar-refractivity contribution >= 4 is 23.6 Å². The van der Waals surface area contributed by atoms with Gasteiger partial charge in [0.05, 0.1) is 6.04 Å². The molecular weight excluding hydrogens is 454 g/mol. The summed E-state index contributed by atoms with van der Waals surface area (Å²) in [5, 5.41) is 12.5. The van der Waals surface area contributed by atoms with Crippen LogP contribution in [0.5, 0.6) is 0 Å². The van der Waals surface area contributed by atoms with Gasteiger partial charge in [-0.15, -0.1) is 0 Å². The van der Waals surface area contributed by atoms with E-state index in [1.807, 2.05) is 31.2 Å². The highest BCUT2D eigenvalue weighted by Gasteiger charge is 2.16. The van der Waals surface area contributed by atoms with E-state index < -0.39 is 6.04 Å². The van der Waals surface area contributed by atoms with Crippen LogP contribution in [0.1, 0.15) is 79.3 Å².